The Morgan fingerprint density at radius 3 is 2.52 bits per heavy atom. The van der Waals surface area contributed by atoms with Crippen LogP contribution in [-0.4, -0.2) is 39.1 Å². The Hall–Kier alpha value is -2.76. The summed E-state index contributed by atoms with van der Waals surface area (Å²) in [5.41, 5.74) is 7.61. The molecule has 1 amide bonds. The maximum atomic E-state index is 14.0. The summed E-state index contributed by atoms with van der Waals surface area (Å²) in [4.78, 5) is 19.6. The van der Waals surface area contributed by atoms with E-state index in [1.54, 1.807) is 35.6 Å². The summed E-state index contributed by atoms with van der Waals surface area (Å²) < 4.78 is 28.2. The number of fused-ring (bicyclic) bond motifs is 1. The Morgan fingerprint density at radius 2 is 1.82 bits per heavy atom. The third kappa shape index (κ3) is 5.60. The van der Waals surface area contributed by atoms with E-state index in [0.717, 1.165) is 28.0 Å². The Balaban J connectivity index is 1.47. The average molecular weight is 527 g/mol. The number of anilines is 2. The van der Waals surface area contributed by atoms with Gasteiger partial charge in [-0.05, 0) is 17.7 Å². The number of amides is 1. The second-order valence-corrected chi connectivity index (χ2v) is 14.5. The second kappa shape index (κ2) is 10.0. The summed E-state index contributed by atoms with van der Waals surface area (Å²) in [6.07, 6.45) is 0. The minimum atomic E-state index is -0.675. The molecule has 0 unspecified atom stereocenters. The molecule has 1 heterocycles. The fraction of sp³-hybridized carbons (Fsp3) is 0.200. The van der Waals surface area contributed by atoms with Crippen LogP contribution in [-0.2, 0) is 0 Å². The van der Waals surface area contributed by atoms with Crippen molar-refractivity contribution in [2.24, 2.45) is 0 Å². The molecular weight excluding hydrogens is 503 g/mol. The van der Waals surface area contributed by atoms with E-state index in [1.807, 2.05) is 18.2 Å². The van der Waals surface area contributed by atoms with Gasteiger partial charge in [0.1, 0.15) is 11.6 Å². The van der Waals surface area contributed by atoms with Crippen molar-refractivity contribution in [2.75, 3.05) is 23.8 Å². The number of nitrogens with one attached hydrogen (secondary N) is 1. The molecule has 4 aromatic rings. The molecule has 170 valence electrons. The van der Waals surface area contributed by atoms with Crippen molar-refractivity contribution in [1.82, 2.24) is 4.98 Å². The van der Waals surface area contributed by atoms with Crippen LogP contribution in [0.2, 0.25) is 16.6 Å². The van der Waals surface area contributed by atoms with E-state index in [1.165, 1.54) is 17.3 Å². The van der Waals surface area contributed by atoms with Gasteiger partial charge in [0.15, 0.2) is 0 Å². The van der Waals surface area contributed by atoms with Crippen LogP contribution in [0.1, 0.15) is 10.4 Å². The van der Waals surface area contributed by atoms with Gasteiger partial charge < -0.3 is 0 Å². The van der Waals surface area contributed by atoms with E-state index < -0.39 is 26.3 Å². The van der Waals surface area contributed by atoms with Crippen LogP contribution in [0.15, 0.2) is 60.7 Å². The zero-order valence-corrected chi connectivity index (χ0v) is 21.3. The van der Waals surface area contributed by atoms with Gasteiger partial charge in [0.05, 0.1) is 0 Å². The standard InChI is InChI=1S/C25H24AsF2N3OS/c1-26(2)12-13-31(3)25-30-22-11-9-19(15-23(22)33-25)29-24(32)17-6-4-16(5-7-17)20-10-8-18(27)14-21(20)28/h4-11,14-15H,12-13H2,1-3H3,(H,29,32). The number of hydrogen-bond donors (Lipinski definition) is 1. The normalized spacial score (nSPS) is 11.2. The number of rotatable bonds is 7. The molecule has 0 radical (unpaired) electrons. The molecule has 0 saturated carbocycles. The third-order valence-corrected chi connectivity index (χ3v) is 8.66. The summed E-state index contributed by atoms with van der Waals surface area (Å²) in [7, 11) is 2.07. The Kier molecular flexibility index (Phi) is 7.10. The van der Waals surface area contributed by atoms with Crippen molar-refractivity contribution < 1.29 is 13.6 Å². The summed E-state index contributed by atoms with van der Waals surface area (Å²) >= 11 is 0.939. The number of carbonyl (C=O) groups excluding carboxylic acids is 1. The number of hydrogen-bond acceptors (Lipinski definition) is 4. The Morgan fingerprint density at radius 1 is 1.06 bits per heavy atom. The summed E-state index contributed by atoms with van der Waals surface area (Å²) in [6, 6.07) is 15.7. The molecule has 1 N–H and O–H groups in total. The monoisotopic (exact) mass is 527 g/mol. The van der Waals surface area contributed by atoms with Crippen LogP contribution < -0.4 is 10.2 Å². The molecule has 0 aliphatic heterocycles. The van der Waals surface area contributed by atoms with Crippen molar-refractivity contribution in [3.63, 3.8) is 0 Å². The van der Waals surface area contributed by atoms with Crippen molar-refractivity contribution in [1.29, 1.82) is 0 Å². The number of carbonyl (C=O) groups is 1. The van der Waals surface area contributed by atoms with Gasteiger partial charge in [-0.25, -0.2) is 8.78 Å². The Labute approximate surface area is 200 Å². The molecule has 0 atom stereocenters. The predicted molar refractivity (Wildman–Crippen MR) is 135 cm³/mol. The third-order valence-electron chi connectivity index (χ3n) is 5.23. The maximum absolute atomic E-state index is 14.0. The first-order valence-electron chi connectivity index (χ1n) is 10.4. The molecule has 8 heteroatoms. The summed E-state index contributed by atoms with van der Waals surface area (Å²) in [5.74, 6) is -1.52. The second-order valence-electron chi connectivity index (χ2n) is 8.06. The van der Waals surface area contributed by atoms with Crippen molar-refractivity contribution in [2.45, 2.75) is 16.6 Å². The number of halogens is 2. The van der Waals surface area contributed by atoms with Gasteiger partial charge in [0.2, 0.25) is 0 Å². The van der Waals surface area contributed by atoms with Gasteiger partial charge in [0, 0.05) is 11.6 Å². The van der Waals surface area contributed by atoms with Crippen LogP contribution in [0.5, 0.6) is 0 Å². The van der Waals surface area contributed by atoms with Crippen LogP contribution in [0.25, 0.3) is 21.3 Å². The Bertz CT molecular complexity index is 1290. The molecule has 3 aromatic carbocycles. The van der Waals surface area contributed by atoms with E-state index in [9.17, 15) is 13.6 Å². The fourth-order valence-corrected chi connectivity index (χ4v) is 5.79. The molecule has 0 saturated heterocycles. The summed E-state index contributed by atoms with van der Waals surface area (Å²) in [5, 5.41) is 5.14. The van der Waals surface area contributed by atoms with Crippen LogP contribution in [0.4, 0.5) is 19.6 Å². The first-order chi connectivity index (χ1) is 15.8. The van der Waals surface area contributed by atoms with Gasteiger partial charge >= 0.3 is 139 Å². The van der Waals surface area contributed by atoms with Gasteiger partial charge in [-0.15, -0.1) is 0 Å². The van der Waals surface area contributed by atoms with E-state index in [4.69, 9.17) is 4.98 Å². The summed E-state index contributed by atoms with van der Waals surface area (Å²) in [6.45, 7) is 1.01. The zero-order chi connectivity index (χ0) is 23.5. The van der Waals surface area contributed by atoms with Gasteiger partial charge in [-0.3, -0.25) is 0 Å². The van der Waals surface area contributed by atoms with Crippen LogP contribution in [0, 0.1) is 11.6 Å². The van der Waals surface area contributed by atoms with E-state index in [-0.39, 0.29) is 11.5 Å². The molecular formula is C25H24AsF2N3OS. The number of aromatic nitrogens is 1. The van der Waals surface area contributed by atoms with Crippen molar-refractivity contribution in [3.05, 3.63) is 77.9 Å². The fourth-order valence-electron chi connectivity index (χ4n) is 3.33. The van der Waals surface area contributed by atoms with E-state index in [0.29, 0.717) is 16.8 Å². The SMILES string of the molecule is CN(CC[As](C)C)c1nc2ccc(NC(=O)c3ccc(-c4ccc(F)cc4F)cc3)cc2s1. The molecule has 4 nitrogen and oxygen atoms in total. The van der Waals surface area contributed by atoms with E-state index in [2.05, 4.69) is 28.7 Å². The molecule has 4 rings (SSSR count). The molecule has 0 aliphatic rings. The van der Waals surface area contributed by atoms with Gasteiger partial charge in [-0.1, -0.05) is 12.1 Å². The van der Waals surface area contributed by atoms with Gasteiger partial charge in [-0.2, -0.15) is 0 Å². The van der Waals surface area contributed by atoms with E-state index >= 15 is 0 Å². The quantitative estimate of drug-likeness (QED) is 0.273. The first-order valence-corrected chi connectivity index (χ1v) is 16.3. The predicted octanol–water partition coefficient (Wildman–Crippen LogP) is 6.68. The van der Waals surface area contributed by atoms with Crippen molar-refractivity contribution >= 4 is 52.9 Å². The zero-order valence-electron chi connectivity index (χ0n) is 18.6. The van der Waals surface area contributed by atoms with Crippen LogP contribution >= 0.6 is 11.3 Å². The van der Waals surface area contributed by atoms with Crippen molar-refractivity contribution in [3.8, 4) is 11.1 Å². The van der Waals surface area contributed by atoms with Gasteiger partial charge in [0.25, 0.3) is 0 Å². The average Bonchev–Trinajstić information content (AvgIpc) is 3.21. The molecule has 33 heavy (non-hydrogen) atoms. The molecule has 0 fully saturated rings. The number of nitrogens with zero attached hydrogens (tertiary/aromatic N) is 2. The molecule has 0 bridgehead atoms. The minimum absolute atomic E-state index is 0.260. The first kappa shape index (κ1) is 23.4. The molecule has 0 spiro atoms. The molecule has 1 aromatic heterocycles. The van der Waals surface area contributed by atoms with Crippen LogP contribution in [0.3, 0.4) is 0 Å². The number of thiazole rings is 1. The number of benzene rings is 3. The topological polar surface area (TPSA) is 45.2 Å². The molecule has 0 aliphatic carbocycles.